The third-order valence-electron chi connectivity index (χ3n) is 2.24. The maximum atomic E-state index is 10.8. The molecule has 1 atom stereocenters. The van der Waals surface area contributed by atoms with Gasteiger partial charge in [0.2, 0.25) is 0 Å². The van der Waals surface area contributed by atoms with Crippen molar-refractivity contribution in [3.8, 4) is 5.75 Å². The fraction of sp³-hybridized carbons (Fsp3) is 0.273. The van der Waals surface area contributed by atoms with E-state index in [0.29, 0.717) is 12.1 Å². The van der Waals surface area contributed by atoms with Crippen molar-refractivity contribution in [3.63, 3.8) is 0 Å². The number of ether oxygens (including phenoxy) is 2. The first kappa shape index (κ1) is 11.3. The Morgan fingerprint density at radius 2 is 2.18 bits per heavy atom. The Labute approximate surface area is 97.4 Å². The highest BCUT2D eigenvalue weighted by molar-refractivity contribution is 6.01. The number of hydrogen-bond acceptors (Lipinski definition) is 6. The number of benzene rings is 1. The molecule has 0 bridgehead atoms. The fourth-order valence-corrected chi connectivity index (χ4v) is 1.40. The van der Waals surface area contributed by atoms with Gasteiger partial charge in [-0.05, 0) is 29.8 Å². The second kappa shape index (κ2) is 4.73. The lowest BCUT2D eigenvalue weighted by molar-refractivity contribution is -0.101. The highest BCUT2D eigenvalue weighted by Gasteiger charge is 2.25. The number of carbonyl (C=O) groups is 1. The molecule has 0 radical (unpaired) electrons. The summed E-state index contributed by atoms with van der Waals surface area (Å²) in [5, 5.41) is 13.0. The maximum Gasteiger partial charge on any atom is 0.511 e. The van der Waals surface area contributed by atoms with E-state index in [0.717, 1.165) is 5.56 Å². The van der Waals surface area contributed by atoms with E-state index in [9.17, 15) is 4.79 Å². The second-order valence-corrected chi connectivity index (χ2v) is 3.40. The SMILES string of the molecule is COC(=O)OC1CC(c2ccc(O)cc2)=NO1. The normalized spacial score (nSPS) is 18.2. The van der Waals surface area contributed by atoms with Crippen LogP contribution in [0, 0.1) is 0 Å². The van der Waals surface area contributed by atoms with E-state index in [-0.39, 0.29) is 5.75 Å². The molecule has 0 spiro atoms. The topological polar surface area (TPSA) is 77.4 Å². The van der Waals surface area contributed by atoms with Crippen LogP contribution in [0.15, 0.2) is 29.4 Å². The van der Waals surface area contributed by atoms with E-state index >= 15 is 0 Å². The molecule has 0 fully saturated rings. The summed E-state index contributed by atoms with van der Waals surface area (Å²) in [4.78, 5) is 15.8. The summed E-state index contributed by atoms with van der Waals surface area (Å²) in [6, 6.07) is 6.51. The van der Waals surface area contributed by atoms with E-state index in [2.05, 4.69) is 9.89 Å². The van der Waals surface area contributed by atoms with Crippen LogP contribution in [0.3, 0.4) is 0 Å². The molecule has 6 nitrogen and oxygen atoms in total. The molecule has 1 heterocycles. The molecule has 2 rings (SSSR count). The Kier molecular flexibility index (Phi) is 3.13. The fourth-order valence-electron chi connectivity index (χ4n) is 1.40. The number of oxime groups is 1. The van der Waals surface area contributed by atoms with Gasteiger partial charge in [0.15, 0.2) is 0 Å². The van der Waals surface area contributed by atoms with Gasteiger partial charge in [-0.2, -0.15) is 0 Å². The van der Waals surface area contributed by atoms with Crippen molar-refractivity contribution in [1.82, 2.24) is 0 Å². The first-order valence-electron chi connectivity index (χ1n) is 4.95. The second-order valence-electron chi connectivity index (χ2n) is 3.40. The number of methoxy groups -OCH3 is 1. The van der Waals surface area contributed by atoms with Gasteiger partial charge in [-0.1, -0.05) is 5.16 Å². The van der Waals surface area contributed by atoms with E-state index < -0.39 is 12.4 Å². The van der Waals surface area contributed by atoms with Crippen LogP contribution in [0.25, 0.3) is 0 Å². The minimum atomic E-state index is -0.808. The molecule has 90 valence electrons. The Hall–Kier alpha value is -2.24. The quantitative estimate of drug-likeness (QED) is 0.791. The average Bonchev–Trinajstić information content (AvgIpc) is 2.78. The number of phenolic OH excluding ortho intramolecular Hbond substituents is 1. The van der Waals surface area contributed by atoms with Crippen molar-refractivity contribution in [1.29, 1.82) is 0 Å². The molecule has 17 heavy (non-hydrogen) atoms. The van der Waals surface area contributed by atoms with Gasteiger partial charge in [-0.3, -0.25) is 0 Å². The Balaban J connectivity index is 1.97. The van der Waals surface area contributed by atoms with Gasteiger partial charge in [0.1, 0.15) is 5.75 Å². The smallest absolute Gasteiger partial charge is 0.508 e. The molecule has 1 N–H and O–H groups in total. The molecular weight excluding hydrogens is 226 g/mol. The van der Waals surface area contributed by atoms with Crippen LogP contribution in [0.4, 0.5) is 4.79 Å². The Morgan fingerprint density at radius 1 is 1.47 bits per heavy atom. The van der Waals surface area contributed by atoms with Crippen molar-refractivity contribution in [2.24, 2.45) is 5.16 Å². The molecule has 1 aromatic carbocycles. The highest BCUT2D eigenvalue weighted by atomic mass is 16.8. The van der Waals surface area contributed by atoms with Crippen LogP contribution in [0.5, 0.6) is 5.75 Å². The molecular formula is C11H11NO5. The minimum Gasteiger partial charge on any atom is -0.508 e. The average molecular weight is 237 g/mol. The van der Waals surface area contributed by atoms with Crippen LogP contribution in [-0.2, 0) is 14.3 Å². The van der Waals surface area contributed by atoms with E-state index in [4.69, 9.17) is 14.7 Å². The molecule has 0 saturated carbocycles. The van der Waals surface area contributed by atoms with Crippen LogP contribution < -0.4 is 0 Å². The number of carbonyl (C=O) groups excluding carboxylic acids is 1. The third-order valence-corrected chi connectivity index (χ3v) is 2.24. The summed E-state index contributed by atoms with van der Waals surface area (Å²) in [7, 11) is 1.22. The summed E-state index contributed by atoms with van der Waals surface area (Å²) in [6.45, 7) is 0. The standard InChI is InChI=1S/C11H11NO5/c1-15-11(14)16-10-6-9(12-17-10)7-2-4-8(13)5-3-7/h2-5,10,13H,6H2,1H3. The first-order valence-corrected chi connectivity index (χ1v) is 4.95. The van der Waals surface area contributed by atoms with Gasteiger partial charge in [-0.15, -0.1) is 0 Å². The number of rotatable bonds is 2. The van der Waals surface area contributed by atoms with E-state index in [1.807, 2.05) is 0 Å². The molecule has 1 aliphatic heterocycles. The van der Waals surface area contributed by atoms with E-state index in [1.54, 1.807) is 24.3 Å². The predicted octanol–water partition coefficient (Wildman–Crippen LogP) is 1.63. The van der Waals surface area contributed by atoms with Gasteiger partial charge in [0.25, 0.3) is 6.29 Å². The molecule has 1 aliphatic rings. The minimum absolute atomic E-state index is 0.177. The van der Waals surface area contributed by atoms with Crippen LogP contribution in [0.2, 0.25) is 0 Å². The zero-order valence-corrected chi connectivity index (χ0v) is 9.12. The van der Waals surface area contributed by atoms with Crippen molar-refractivity contribution >= 4 is 11.9 Å². The van der Waals surface area contributed by atoms with Gasteiger partial charge in [0, 0.05) is 0 Å². The molecule has 1 unspecified atom stereocenters. The van der Waals surface area contributed by atoms with Crippen molar-refractivity contribution in [2.75, 3.05) is 7.11 Å². The third kappa shape index (κ3) is 2.66. The Morgan fingerprint density at radius 3 is 2.82 bits per heavy atom. The van der Waals surface area contributed by atoms with Gasteiger partial charge < -0.3 is 19.4 Å². The largest absolute Gasteiger partial charge is 0.511 e. The lowest BCUT2D eigenvalue weighted by atomic mass is 10.1. The van der Waals surface area contributed by atoms with Crippen LogP contribution in [0.1, 0.15) is 12.0 Å². The monoisotopic (exact) mass is 237 g/mol. The van der Waals surface area contributed by atoms with E-state index in [1.165, 1.54) is 7.11 Å². The summed E-state index contributed by atoms with van der Waals surface area (Å²) in [6.07, 6.45) is -1.22. The lowest BCUT2D eigenvalue weighted by Crippen LogP contribution is -2.18. The first-order chi connectivity index (χ1) is 8.19. The predicted molar refractivity (Wildman–Crippen MR) is 57.6 cm³/mol. The zero-order valence-electron chi connectivity index (χ0n) is 9.12. The summed E-state index contributed by atoms with van der Waals surface area (Å²) >= 11 is 0. The molecule has 1 aromatic rings. The van der Waals surface area contributed by atoms with Gasteiger partial charge in [0.05, 0.1) is 19.2 Å². The summed E-state index contributed by atoms with van der Waals surface area (Å²) in [5.41, 5.74) is 1.46. The summed E-state index contributed by atoms with van der Waals surface area (Å²) < 4.78 is 9.13. The molecule has 0 aromatic heterocycles. The number of hydrogen-bond donors (Lipinski definition) is 1. The molecule has 0 amide bonds. The molecule has 0 saturated heterocycles. The van der Waals surface area contributed by atoms with Crippen LogP contribution in [-0.4, -0.2) is 30.4 Å². The zero-order chi connectivity index (χ0) is 12.3. The van der Waals surface area contributed by atoms with Crippen molar-refractivity contribution in [2.45, 2.75) is 12.7 Å². The number of phenols is 1. The van der Waals surface area contributed by atoms with Crippen LogP contribution >= 0.6 is 0 Å². The summed E-state index contributed by atoms with van der Waals surface area (Å²) in [5.74, 6) is 0.177. The number of aromatic hydroxyl groups is 1. The molecule has 6 heteroatoms. The lowest BCUT2D eigenvalue weighted by Gasteiger charge is -2.07. The van der Waals surface area contributed by atoms with Crippen molar-refractivity contribution in [3.05, 3.63) is 29.8 Å². The Bertz CT molecular complexity index is 440. The number of nitrogens with zero attached hydrogens (tertiary/aromatic N) is 1. The van der Waals surface area contributed by atoms with Crippen molar-refractivity contribution < 1.29 is 24.2 Å². The molecule has 0 aliphatic carbocycles. The van der Waals surface area contributed by atoms with Gasteiger partial charge in [-0.25, -0.2) is 4.79 Å². The van der Waals surface area contributed by atoms with Gasteiger partial charge >= 0.3 is 6.16 Å². The maximum absolute atomic E-state index is 10.8. The highest BCUT2D eigenvalue weighted by Crippen LogP contribution is 2.19.